The third kappa shape index (κ3) is 7.71. The molecule has 0 aromatic rings. The summed E-state index contributed by atoms with van der Waals surface area (Å²) in [6.45, 7) is -2.30. The van der Waals surface area contributed by atoms with Crippen molar-refractivity contribution in [2.75, 3.05) is 19.8 Å². The number of alkyl halides is 5. The fourth-order valence-corrected chi connectivity index (χ4v) is 0.511. The van der Waals surface area contributed by atoms with Crippen molar-refractivity contribution >= 4 is 5.91 Å². The van der Waals surface area contributed by atoms with Crippen molar-refractivity contribution in [2.24, 2.45) is 0 Å². The van der Waals surface area contributed by atoms with E-state index in [0.29, 0.717) is 0 Å². The van der Waals surface area contributed by atoms with Crippen molar-refractivity contribution in [2.45, 2.75) is 12.6 Å². The summed E-state index contributed by atoms with van der Waals surface area (Å²) in [6, 6.07) is 0. The van der Waals surface area contributed by atoms with E-state index in [4.69, 9.17) is 0 Å². The molecule has 0 aliphatic heterocycles. The van der Waals surface area contributed by atoms with E-state index in [1.807, 2.05) is 0 Å². The number of rotatable bonds is 5. The Bertz CT molecular complexity index is 182. The molecule has 0 fully saturated rings. The molecule has 8 heteroatoms. The maximum absolute atomic E-state index is 11.5. The number of amides is 1. The molecule has 0 saturated carbocycles. The minimum Gasteiger partial charge on any atom is -0.370 e. The minimum absolute atomic E-state index is 0.376. The smallest absolute Gasteiger partial charge is 0.370 e. The number of ether oxygens (including phenoxy) is 1. The van der Waals surface area contributed by atoms with Gasteiger partial charge in [-0.05, 0) is 0 Å². The molecule has 0 atom stereocenters. The van der Waals surface area contributed by atoms with Crippen molar-refractivity contribution in [3.8, 4) is 0 Å². The molecule has 1 N–H and O–H groups in total. The lowest BCUT2D eigenvalue weighted by molar-refractivity contribution is -0.173. The molecule has 3 nitrogen and oxygen atoms in total. The average molecular weight is 221 g/mol. The molecule has 0 radical (unpaired) electrons. The van der Waals surface area contributed by atoms with Gasteiger partial charge in [0, 0.05) is 6.54 Å². The summed E-state index contributed by atoms with van der Waals surface area (Å²) >= 11 is 0. The van der Waals surface area contributed by atoms with Crippen LogP contribution < -0.4 is 5.32 Å². The van der Waals surface area contributed by atoms with Crippen LogP contribution in [0.2, 0.25) is 0 Å². The van der Waals surface area contributed by atoms with E-state index in [0.717, 1.165) is 0 Å². The first kappa shape index (κ1) is 13.1. The van der Waals surface area contributed by atoms with Crippen LogP contribution in [-0.2, 0) is 9.53 Å². The van der Waals surface area contributed by atoms with Crippen LogP contribution in [0.4, 0.5) is 22.0 Å². The minimum atomic E-state index is -4.45. The maximum atomic E-state index is 11.5. The Kier molecular flexibility index (Phi) is 5.36. The maximum Gasteiger partial charge on any atom is 0.411 e. The first-order valence-electron chi connectivity index (χ1n) is 3.53. The second kappa shape index (κ2) is 5.74. The lowest BCUT2D eigenvalue weighted by Crippen LogP contribution is -2.33. The zero-order chi connectivity index (χ0) is 11.2. The van der Waals surface area contributed by atoms with E-state index in [1.54, 1.807) is 5.32 Å². The van der Waals surface area contributed by atoms with Gasteiger partial charge in [-0.25, -0.2) is 0 Å². The fraction of sp³-hybridized carbons (Fsp3) is 0.833. The highest BCUT2D eigenvalue weighted by Crippen LogP contribution is 2.13. The number of nitrogens with one attached hydrogen (secondary N) is 1. The third-order valence-electron chi connectivity index (χ3n) is 1.01. The largest absolute Gasteiger partial charge is 0.411 e. The fourth-order valence-electron chi connectivity index (χ4n) is 0.511. The van der Waals surface area contributed by atoms with Gasteiger partial charge >= 0.3 is 12.6 Å². The number of carbonyl (C=O) groups is 1. The highest BCUT2D eigenvalue weighted by molar-refractivity contribution is 5.78. The molecule has 14 heavy (non-hydrogen) atoms. The number of halogens is 5. The molecule has 0 unspecified atom stereocenters. The Hall–Kier alpha value is -0.920. The van der Waals surface area contributed by atoms with Gasteiger partial charge in [-0.1, -0.05) is 0 Å². The second-order valence-electron chi connectivity index (χ2n) is 2.26. The molecule has 0 aliphatic rings. The normalized spacial score (nSPS) is 11.9. The molecule has 0 heterocycles. The zero-order valence-corrected chi connectivity index (χ0v) is 6.90. The van der Waals surface area contributed by atoms with Gasteiger partial charge in [0.1, 0.15) is 6.61 Å². The lowest BCUT2D eigenvalue weighted by Gasteiger charge is -2.07. The van der Waals surface area contributed by atoms with E-state index < -0.39 is 31.7 Å². The van der Waals surface area contributed by atoms with Gasteiger partial charge in [0.25, 0.3) is 5.91 Å². The van der Waals surface area contributed by atoms with Gasteiger partial charge in [-0.3, -0.25) is 4.79 Å². The van der Waals surface area contributed by atoms with Crippen molar-refractivity contribution in [3.63, 3.8) is 0 Å². The average Bonchev–Trinajstić information content (AvgIpc) is 2.01. The predicted octanol–water partition coefficient (Wildman–Crippen LogP) is 0.947. The summed E-state index contributed by atoms with van der Waals surface area (Å²) in [5.41, 5.74) is 0. The van der Waals surface area contributed by atoms with Crippen LogP contribution in [0.25, 0.3) is 0 Å². The molecule has 0 aromatic carbocycles. The molecule has 0 aliphatic carbocycles. The van der Waals surface area contributed by atoms with E-state index >= 15 is 0 Å². The highest BCUT2D eigenvalue weighted by Gasteiger charge is 2.27. The van der Waals surface area contributed by atoms with Crippen LogP contribution in [0, 0.1) is 0 Å². The van der Waals surface area contributed by atoms with E-state index in [-0.39, 0.29) is 6.54 Å². The van der Waals surface area contributed by atoms with Gasteiger partial charge in [-0.2, -0.15) is 22.0 Å². The van der Waals surface area contributed by atoms with Gasteiger partial charge < -0.3 is 10.1 Å². The Morgan fingerprint density at radius 3 is 2.36 bits per heavy atom. The van der Waals surface area contributed by atoms with Crippen LogP contribution in [0.1, 0.15) is 0 Å². The molecule has 0 aromatic heterocycles. The van der Waals surface area contributed by atoms with Crippen LogP contribution >= 0.6 is 0 Å². The highest BCUT2D eigenvalue weighted by atomic mass is 19.4. The van der Waals surface area contributed by atoms with E-state index in [2.05, 4.69) is 4.74 Å². The lowest BCUT2D eigenvalue weighted by atomic mass is 10.6. The molecule has 0 bridgehead atoms. The predicted molar refractivity (Wildman–Crippen MR) is 35.9 cm³/mol. The Morgan fingerprint density at radius 1 is 1.36 bits per heavy atom. The third-order valence-corrected chi connectivity index (χ3v) is 1.01. The SMILES string of the molecule is O=C(NCCOCC(F)(F)F)C(F)F. The summed E-state index contributed by atoms with van der Waals surface area (Å²) in [5.74, 6) is -1.53. The van der Waals surface area contributed by atoms with Crippen LogP contribution in [0.15, 0.2) is 0 Å². The summed E-state index contributed by atoms with van der Waals surface area (Å²) in [5, 5.41) is 1.69. The molecule has 0 spiro atoms. The van der Waals surface area contributed by atoms with Crippen LogP contribution in [0.5, 0.6) is 0 Å². The summed E-state index contributed by atoms with van der Waals surface area (Å²) in [7, 11) is 0. The van der Waals surface area contributed by atoms with E-state index in [9.17, 15) is 26.7 Å². The monoisotopic (exact) mass is 221 g/mol. The van der Waals surface area contributed by atoms with Crippen LogP contribution in [-0.4, -0.2) is 38.3 Å². The quantitative estimate of drug-likeness (QED) is 0.554. The molecular weight excluding hydrogens is 213 g/mol. The summed E-state index contributed by atoms with van der Waals surface area (Å²) in [6.07, 6.45) is -7.62. The first-order valence-corrected chi connectivity index (χ1v) is 3.53. The molecule has 0 rings (SSSR count). The first-order chi connectivity index (χ1) is 6.33. The van der Waals surface area contributed by atoms with Crippen molar-refractivity contribution in [1.29, 1.82) is 0 Å². The Balaban J connectivity index is 3.35. The number of hydrogen-bond acceptors (Lipinski definition) is 2. The second-order valence-corrected chi connectivity index (χ2v) is 2.26. The van der Waals surface area contributed by atoms with Gasteiger partial charge in [0.15, 0.2) is 0 Å². The van der Waals surface area contributed by atoms with Gasteiger partial charge in [-0.15, -0.1) is 0 Å². The zero-order valence-electron chi connectivity index (χ0n) is 6.90. The number of hydrogen-bond donors (Lipinski definition) is 1. The Morgan fingerprint density at radius 2 is 1.93 bits per heavy atom. The van der Waals surface area contributed by atoms with Gasteiger partial charge in [0.2, 0.25) is 0 Å². The standard InChI is InChI=1S/C6H8F5NO2/c7-4(8)5(13)12-1-2-14-3-6(9,10)11/h4H,1-3H2,(H,12,13). The van der Waals surface area contributed by atoms with Crippen molar-refractivity contribution in [1.82, 2.24) is 5.32 Å². The number of carbonyl (C=O) groups excluding carboxylic acids is 1. The topological polar surface area (TPSA) is 38.3 Å². The van der Waals surface area contributed by atoms with Crippen molar-refractivity contribution in [3.05, 3.63) is 0 Å². The van der Waals surface area contributed by atoms with Crippen LogP contribution in [0.3, 0.4) is 0 Å². The molecular formula is C6H8F5NO2. The molecule has 84 valence electrons. The molecule has 0 saturated heterocycles. The van der Waals surface area contributed by atoms with E-state index in [1.165, 1.54) is 0 Å². The molecule has 1 amide bonds. The Labute approximate surface area is 76.2 Å². The summed E-state index contributed by atoms with van der Waals surface area (Å²) < 4.78 is 61.3. The summed E-state index contributed by atoms with van der Waals surface area (Å²) in [4.78, 5) is 10.2. The van der Waals surface area contributed by atoms with Gasteiger partial charge in [0.05, 0.1) is 6.61 Å². The van der Waals surface area contributed by atoms with Crippen molar-refractivity contribution < 1.29 is 31.5 Å².